The summed E-state index contributed by atoms with van der Waals surface area (Å²) in [5, 5.41) is 3.37. The van der Waals surface area contributed by atoms with Gasteiger partial charge in [-0.15, -0.1) is 0 Å². The molecule has 0 bridgehead atoms. The Morgan fingerprint density at radius 1 is 1.59 bits per heavy atom. The van der Waals surface area contributed by atoms with Gasteiger partial charge in [0, 0.05) is 19.7 Å². The molecular weight excluding hydrogens is 240 g/mol. The first-order chi connectivity index (χ1) is 8.24. The number of morpholine rings is 1. The average Bonchev–Trinajstić information content (AvgIpc) is 2.37. The quantitative estimate of drug-likeness (QED) is 0.836. The predicted molar refractivity (Wildman–Crippen MR) is 68.8 cm³/mol. The molecule has 2 heterocycles. The van der Waals surface area contributed by atoms with Gasteiger partial charge in [0.15, 0.2) is 0 Å². The lowest BCUT2D eigenvalue weighted by Gasteiger charge is -2.36. The van der Waals surface area contributed by atoms with Crippen molar-refractivity contribution in [3.63, 3.8) is 0 Å². The lowest BCUT2D eigenvalue weighted by Crippen LogP contribution is -2.45. The van der Waals surface area contributed by atoms with Gasteiger partial charge in [-0.3, -0.25) is 0 Å². The molecule has 1 unspecified atom stereocenters. The van der Waals surface area contributed by atoms with Gasteiger partial charge in [-0.1, -0.05) is 18.5 Å². The molecule has 0 radical (unpaired) electrons. The summed E-state index contributed by atoms with van der Waals surface area (Å²) >= 11 is 5.99. The van der Waals surface area contributed by atoms with Gasteiger partial charge in [0.05, 0.1) is 19.3 Å². The second kappa shape index (κ2) is 5.51. The van der Waals surface area contributed by atoms with E-state index in [0.29, 0.717) is 17.1 Å². The van der Waals surface area contributed by atoms with Crippen molar-refractivity contribution >= 4 is 23.4 Å². The van der Waals surface area contributed by atoms with Gasteiger partial charge in [-0.2, -0.15) is 4.98 Å². The van der Waals surface area contributed by atoms with E-state index in [9.17, 15) is 0 Å². The first kappa shape index (κ1) is 12.4. The largest absolute Gasteiger partial charge is 0.377 e. The number of nitrogens with zero attached hydrogens (tertiary/aromatic N) is 3. The van der Waals surface area contributed by atoms with Gasteiger partial charge in [-0.05, 0) is 6.42 Å². The SMILES string of the molecule is CCC1COCCN1c1cc(Cl)nc(NC)n1. The van der Waals surface area contributed by atoms with E-state index >= 15 is 0 Å². The smallest absolute Gasteiger partial charge is 0.225 e. The maximum atomic E-state index is 5.99. The van der Waals surface area contributed by atoms with Gasteiger partial charge in [0.2, 0.25) is 5.95 Å². The molecule has 1 N–H and O–H groups in total. The van der Waals surface area contributed by atoms with Gasteiger partial charge >= 0.3 is 0 Å². The number of ether oxygens (including phenoxy) is 1. The van der Waals surface area contributed by atoms with Crippen molar-refractivity contribution in [1.29, 1.82) is 0 Å². The first-order valence-corrected chi connectivity index (χ1v) is 6.19. The summed E-state index contributed by atoms with van der Waals surface area (Å²) in [7, 11) is 1.78. The van der Waals surface area contributed by atoms with Crippen molar-refractivity contribution < 1.29 is 4.74 Å². The Hall–Kier alpha value is -1.07. The topological polar surface area (TPSA) is 50.3 Å². The molecule has 6 heteroatoms. The molecule has 1 atom stereocenters. The monoisotopic (exact) mass is 256 g/mol. The Balaban J connectivity index is 2.27. The number of halogens is 1. The summed E-state index contributed by atoms with van der Waals surface area (Å²) in [6, 6.07) is 2.16. The molecule has 94 valence electrons. The average molecular weight is 257 g/mol. The summed E-state index contributed by atoms with van der Waals surface area (Å²) in [6.45, 7) is 4.46. The predicted octanol–water partition coefficient (Wildman–Crippen LogP) is 1.79. The van der Waals surface area contributed by atoms with Crippen LogP contribution in [0, 0.1) is 0 Å². The minimum atomic E-state index is 0.361. The van der Waals surface area contributed by atoms with Crippen LogP contribution in [-0.4, -0.2) is 42.8 Å². The molecule has 1 aliphatic heterocycles. The van der Waals surface area contributed by atoms with Gasteiger partial charge in [-0.25, -0.2) is 4.98 Å². The van der Waals surface area contributed by atoms with Crippen LogP contribution in [0.3, 0.4) is 0 Å². The summed E-state index contributed by atoms with van der Waals surface area (Å²) < 4.78 is 5.48. The summed E-state index contributed by atoms with van der Waals surface area (Å²) in [4.78, 5) is 10.8. The third-order valence-electron chi connectivity index (χ3n) is 2.90. The zero-order chi connectivity index (χ0) is 12.3. The highest BCUT2D eigenvalue weighted by Crippen LogP contribution is 2.22. The maximum Gasteiger partial charge on any atom is 0.225 e. The fraction of sp³-hybridized carbons (Fsp3) is 0.636. The summed E-state index contributed by atoms with van der Waals surface area (Å²) in [5.74, 6) is 1.42. The van der Waals surface area contributed by atoms with Crippen molar-refractivity contribution in [3.05, 3.63) is 11.2 Å². The van der Waals surface area contributed by atoms with E-state index in [2.05, 4.69) is 27.1 Å². The number of nitrogens with one attached hydrogen (secondary N) is 1. The van der Waals surface area contributed by atoms with Crippen LogP contribution in [0.25, 0.3) is 0 Å². The van der Waals surface area contributed by atoms with Crippen molar-refractivity contribution in [2.45, 2.75) is 19.4 Å². The third-order valence-corrected chi connectivity index (χ3v) is 3.09. The molecular formula is C11H17ClN4O. The lowest BCUT2D eigenvalue weighted by molar-refractivity contribution is 0.0926. The molecule has 1 aromatic heterocycles. The first-order valence-electron chi connectivity index (χ1n) is 5.81. The van der Waals surface area contributed by atoms with Crippen LogP contribution in [0.15, 0.2) is 6.07 Å². The fourth-order valence-electron chi connectivity index (χ4n) is 1.96. The van der Waals surface area contributed by atoms with Gasteiger partial charge < -0.3 is 15.0 Å². The second-order valence-electron chi connectivity index (χ2n) is 3.95. The molecule has 2 rings (SSSR count). The zero-order valence-corrected chi connectivity index (χ0v) is 10.9. The Bertz CT molecular complexity index is 388. The summed E-state index contributed by atoms with van der Waals surface area (Å²) in [5.41, 5.74) is 0. The molecule has 0 aliphatic carbocycles. The second-order valence-corrected chi connectivity index (χ2v) is 4.34. The molecule has 1 saturated heterocycles. The van der Waals surface area contributed by atoms with E-state index in [1.807, 2.05) is 0 Å². The van der Waals surface area contributed by atoms with Crippen LogP contribution >= 0.6 is 11.6 Å². The van der Waals surface area contributed by atoms with E-state index in [4.69, 9.17) is 16.3 Å². The molecule has 0 aromatic carbocycles. The third kappa shape index (κ3) is 2.79. The van der Waals surface area contributed by atoms with Crippen molar-refractivity contribution in [2.75, 3.05) is 37.0 Å². The van der Waals surface area contributed by atoms with E-state index in [1.54, 1.807) is 13.1 Å². The Morgan fingerprint density at radius 3 is 3.12 bits per heavy atom. The molecule has 0 saturated carbocycles. The number of rotatable bonds is 3. The molecule has 1 fully saturated rings. The molecule has 0 amide bonds. The number of hydrogen-bond donors (Lipinski definition) is 1. The van der Waals surface area contributed by atoms with E-state index in [0.717, 1.165) is 32.0 Å². The summed E-state index contributed by atoms with van der Waals surface area (Å²) in [6.07, 6.45) is 1.02. The lowest BCUT2D eigenvalue weighted by atomic mass is 10.2. The normalized spacial score (nSPS) is 20.4. The van der Waals surface area contributed by atoms with Crippen molar-refractivity contribution in [3.8, 4) is 0 Å². The maximum absolute atomic E-state index is 5.99. The van der Waals surface area contributed by atoms with Crippen LogP contribution in [0.2, 0.25) is 5.15 Å². The Kier molecular flexibility index (Phi) is 4.02. The highest BCUT2D eigenvalue weighted by Gasteiger charge is 2.23. The van der Waals surface area contributed by atoms with Crippen LogP contribution in [0.1, 0.15) is 13.3 Å². The molecule has 0 spiro atoms. The molecule has 5 nitrogen and oxygen atoms in total. The van der Waals surface area contributed by atoms with Gasteiger partial charge in [0.25, 0.3) is 0 Å². The molecule has 1 aromatic rings. The molecule has 17 heavy (non-hydrogen) atoms. The highest BCUT2D eigenvalue weighted by atomic mass is 35.5. The Labute approximate surface area is 106 Å². The van der Waals surface area contributed by atoms with Crippen molar-refractivity contribution in [2.24, 2.45) is 0 Å². The van der Waals surface area contributed by atoms with E-state index < -0.39 is 0 Å². The van der Waals surface area contributed by atoms with E-state index in [1.165, 1.54) is 0 Å². The van der Waals surface area contributed by atoms with Crippen LogP contribution < -0.4 is 10.2 Å². The zero-order valence-electron chi connectivity index (χ0n) is 10.1. The van der Waals surface area contributed by atoms with Gasteiger partial charge in [0.1, 0.15) is 11.0 Å². The van der Waals surface area contributed by atoms with Crippen LogP contribution in [-0.2, 0) is 4.74 Å². The van der Waals surface area contributed by atoms with E-state index in [-0.39, 0.29) is 0 Å². The fourth-order valence-corrected chi connectivity index (χ4v) is 2.14. The minimum Gasteiger partial charge on any atom is -0.377 e. The number of aromatic nitrogens is 2. The van der Waals surface area contributed by atoms with Crippen LogP contribution in [0.4, 0.5) is 11.8 Å². The minimum absolute atomic E-state index is 0.361. The standard InChI is InChI=1S/C11H17ClN4O/c1-3-8-7-17-5-4-16(8)10-6-9(12)14-11(13-2)15-10/h6,8H,3-5,7H2,1-2H3,(H,13,14,15). The highest BCUT2D eigenvalue weighted by molar-refractivity contribution is 6.29. The Morgan fingerprint density at radius 2 is 2.41 bits per heavy atom. The number of anilines is 2. The van der Waals surface area contributed by atoms with Crippen LogP contribution in [0.5, 0.6) is 0 Å². The number of hydrogen-bond acceptors (Lipinski definition) is 5. The molecule has 1 aliphatic rings. The van der Waals surface area contributed by atoms with Crippen molar-refractivity contribution in [1.82, 2.24) is 9.97 Å².